The van der Waals surface area contributed by atoms with Gasteiger partial charge in [0.05, 0.1) is 19.9 Å². The van der Waals surface area contributed by atoms with Gasteiger partial charge in [-0.3, -0.25) is 4.57 Å². The van der Waals surface area contributed by atoms with Crippen molar-refractivity contribution in [1.82, 2.24) is 9.55 Å². The van der Waals surface area contributed by atoms with E-state index in [9.17, 15) is 15.0 Å². The van der Waals surface area contributed by atoms with E-state index in [2.05, 4.69) is 4.98 Å². The van der Waals surface area contributed by atoms with Gasteiger partial charge in [-0.05, 0) is 0 Å². The molecule has 1 aromatic rings. The number of nitrogens with zero attached hydrogens (tertiary/aromatic N) is 2. The summed E-state index contributed by atoms with van der Waals surface area (Å²) in [5.74, 6) is 0.0489. The number of hydrogen-bond acceptors (Lipinski definition) is 8. The normalized spacial score (nSPS) is 30.5. The van der Waals surface area contributed by atoms with Crippen molar-refractivity contribution in [1.29, 1.82) is 0 Å². The van der Waals surface area contributed by atoms with Gasteiger partial charge in [0.15, 0.2) is 17.8 Å². The standard InChI is InChI=1S/C10H15N3O6/c1-18-4-2-13(10(17)12-8(4)11)9-7(16)6(15)5(3-14)19-9/h2,5-7,9,14-16H,3H2,1H3,(H2,11,12,17). The van der Waals surface area contributed by atoms with Crippen LogP contribution in [0.3, 0.4) is 0 Å². The van der Waals surface area contributed by atoms with Crippen molar-refractivity contribution in [3.63, 3.8) is 0 Å². The average Bonchev–Trinajstić information content (AvgIpc) is 2.67. The first-order chi connectivity index (χ1) is 8.99. The quantitative estimate of drug-likeness (QED) is 0.471. The van der Waals surface area contributed by atoms with E-state index in [1.165, 1.54) is 13.3 Å². The molecule has 1 saturated heterocycles. The molecule has 1 aliphatic rings. The Bertz CT molecular complexity index is 518. The van der Waals surface area contributed by atoms with Gasteiger partial charge in [-0.2, -0.15) is 4.98 Å². The number of anilines is 1. The van der Waals surface area contributed by atoms with E-state index in [1.54, 1.807) is 0 Å². The van der Waals surface area contributed by atoms with Crippen molar-refractivity contribution in [2.75, 3.05) is 19.5 Å². The van der Waals surface area contributed by atoms with Crippen LogP contribution in [-0.4, -0.2) is 56.9 Å². The molecule has 4 unspecified atom stereocenters. The minimum Gasteiger partial charge on any atom is -0.491 e. The van der Waals surface area contributed by atoms with Crippen LogP contribution < -0.4 is 16.2 Å². The summed E-state index contributed by atoms with van der Waals surface area (Å²) in [5, 5.41) is 28.4. The lowest BCUT2D eigenvalue weighted by atomic mass is 10.1. The smallest absolute Gasteiger partial charge is 0.351 e. The van der Waals surface area contributed by atoms with E-state index in [1.807, 2.05) is 0 Å². The van der Waals surface area contributed by atoms with Crippen molar-refractivity contribution in [2.45, 2.75) is 24.5 Å². The fraction of sp³-hybridized carbons (Fsp3) is 0.600. The fourth-order valence-corrected chi connectivity index (χ4v) is 1.91. The number of aliphatic hydroxyl groups is 3. The molecule has 1 aromatic heterocycles. The van der Waals surface area contributed by atoms with Gasteiger partial charge < -0.3 is 30.5 Å². The summed E-state index contributed by atoms with van der Waals surface area (Å²) in [7, 11) is 1.35. The molecule has 9 heteroatoms. The highest BCUT2D eigenvalue weighted by atomic mass is 16.6. The molecular weight excluding hydrogens is 258 g/mol. The number of aliphatic hydroxyl groups excluding tert-OH is 3. The van der Waals surface area contributed by atoms with Crippen molar-refractivity contribution in [3.8, 4) is 5.75 Å². The molecule has 2 heterocycles. The summed E-state index contributed by atoms with van der Waals surface area (Å²) in [6.07, 6.45) is -3.59. The zero-order valence-electron chi connectivity index (χ0n) is 10.1. The van der Waals surface area contributed by atoms with Gasteiger partial charge in [0.2, 0.25) is 0 Å². The van der Waals surface area contributed by atoms with E-state index in [4.69, 9.17) is 20.3 Å². The molecule has 0 bridgehead atoms. The molecule has 0 spiro atoms. The zero-order chi connectivity index (χ0) is 14.2. The molecule has 5 N–H and O–H groups in total. The Balaban J connectivity index is 2.40. The molecular formula is C10H15N3O6. The predicted octanol–water partition coefficient (Wildman–Crippen LogP) is -2.55. The van der Waals surface area contributed by atoms with Crippen LogP contribution in [0.2, 0.25) is 0 Å². The third-order valence-electron chi connectivity index (χ3n) is 2.96. The Labute approximate surface area is 107 Å². The lowest BCUT2D eigenvalue weighted by Crippen LogP contribution is -2.36. The summed E-state index contributed by atoms with van der Waals surface area (Å²) in [6.45, 7) is -0.483. The van der Waals surface area contributed by atoms with Crippen LogP contribution in [0, 0.1) is 0 Å². The Hall–Kier alpha value is -1.68. The first-order valence-corrected chi connectivity index (χ1v) is 5.54. The third-order valence-corrected chi connectivity index (χ3v) is 2.96. The first kappa shape index (κ1) is 13.7. The van der Waals surface area contributed by atoms with Crippen LogP contribution in [0.25, 0.3) is 0 Å². The summed E-state index contributed by atoms with van der Waals surface area (Å²) in [5.41, 5.74) is 4.72. The largest absolute Gasteiger partial charge is 0.491 e. The molecule has 106 valence electrons. The van der Waals surface area contributed by atoms with Gasteiger partial charge in [0.1, 0.15) is 18.3 Å². The number of hydrogen-bond donors (Lipinski definition) is 4. The Kier molecular flexibility index (Phi) is 3.71. The number of nitrogens with two attached hydrogens (primary N) is 1. The zero-order valence-corrected chi connectivity index (χ0v) is 10.1. The van der Waals surface area contributed by atoms with Crippen LogP contribution in [-0.2, 0) is 4.74 Å². The lowest BCUT2D eigenvalue weighted by molar-refractivity contribution is -0.0551. The SMILES string of the molecule is COc1cn(C2OC(CO)C(O)C2O)c(=O)nc1N. The minimum absolute atomic E-state index is 0.0875. The maximum Gasteiger partial charge on any atom is 0.351 e. The van der Waals surface area contributed by atoms with E-state index >= 15 is 0 Å². The van der Waals surface area contributed by atoms with Crippen molar-refractivity contribution in [3.05, 3.63) is 16.7 Å². The van der Waals surface area contributed by atoms with Crippen LogP contribution in [0.4, 0.5) is 5.82 Å². The molecule has 4 atom stereocenters. The lowest BCUT2D eigenvalue weighted by Gasteiger charge is -2.18. The van der Waals surface area contributed by atoms with Gasteiger partial charge in [0.25, 0.3) is 0 Å². The number of rotatable bonds is 3. The molecule has 9 nitrogen and oxygen atoms in total. The first-order valence-electron chi connectivity index (χ1n) is 5.54. The topological polar surface area (TPSA) is 140 Å². The van der Waals surface area contributed by atoms with E-state index in [0.29, 0.717) is 0 Å². The molecule has 0 saturated carbocycles. The van der Waals surface area contributed by atoms with Gasteiger partial charge >= 0.3 is 5.69 Å². The van der Waals surface area contributed by atoms with E-state index in [-0.39, 0.29) is 11.6 Å². The second-order valence-corrected chi connectivity index (χ2v) is 4.11. The average molecular weight is 273 g/mol. The molecule has 1 fully saturated rings. The summed E-state index contributed by atoms with van der Waals surface area (Å²) < 4.78 is 11.1. The molecule has 0 amide bonds. The van der Waals surface area contributed by atoms with Crippen LogP contribution in [0.1, 0.15) is 6.23 Å². The van der Waals surface area contributed by atoms with Gasteiger partial charge in [-0.25, -0.2) is 4.79 Å². The third kappa shape index (κ3) is 2.28. The summed E-state index contributed by atoms with van der Waals surface area (Å²) in [4.78, 5) is 15.2. The summed E-state index contributed by atoms with van der Waals surface area (Å²) in [6, 6.07) is 0. The van der Waals surface area contributed by atoms with Gasteiger partial charge in [-0.15, -0.1) is 0 Å². The van der Waals surface area contributed by atoms with Crippen molar-refractivity contribution < 1.29 is 24.8 Å². The summed E-state index contributed by atoms with van der Waals surface area (Å²) >= 11 is 0. The Morgan fingerprint density at radius 1 is 1.53 bits per heavy atom. The number of aromatic nitrogens is 2. The van der Waals surface area contributed by atoms with Crippen molar-refractivity contribution in [2.24, 2.45) is 0 Å². The molecule has 2 rings (SSSR count). The molecule has 0 aromatic carbocycles. The second kappa shape index (κ2) is 5.13. The molecule has 0 radical (unpaired) electrons. The maximum absolute atomic E-state index is 11.7. The van der Waals surface area contributed by atoms with E-state index in [0.717, 1.165) is 4.57 Å². The van der Waals surface area contributed by atoms with Crippen LogP contribution in [0.15, 0.2) is 11.0 Å². The van der Waals surface area contributed by atoms with Crippen LogP contribution >= 0.6 is 0 Å². The minimum atomic E-state index is -1.37. The number of methoxy groups -OCH3 is 1. The number of nitrogen functional groups attached to an aromatic ring is 1. The molecule has 0 aliphatic carbocycles. The highest BCUT2D eigenvalue weighted by molar-refractivity contribution is 5.43. The van der Waals surface area contributed by atoms with Gasteiger partial charge in [0, 0.05) is 0 Å². The monoisotopic (exact) mass is 273 g/mol. The highest BCUT2D eigenvalue weighted by Gasteiger charge is 2.43. The molecule has 19 heavy (non-hydrogen) atoms. The van der Waals surface area contributed by atoms with Crippen LogP contribution in [0.5, 0.6) is 5.75 Å². The van der Waals surface area contributed by atoms with Crippen molar-refractivity contribution >= 4 is 5.82 Å². The Morgan fingerprint density at radius 2 is 2.21 bits per heavy atom. The van der Waals surface area contributed by atoms with E-state index < -0.39 is 36.8 Å². The maximum atomic E-state index is 11.7. The van der Waals surface area contributed by atoms with Gasteiger partial charge in [-0.1, -0.05) is 0 Å². The highest BCUT2D eigenvalue weighted by Crippen LogP contribution is 2.29. The Morgan fingerprint density at radius 3 is 2.74 bits per heavy atom. The molecule has 1 aliphatic heterocycles. The second-order valence-electron chi connectivity index (χ2n) is 4.11. The fourth-order valence-electron chi connectivity index (χ4n) is 1.91. The number of ether oxygens (including phenoxy) is 2. The predicted molar refractivity (Wildman–Crippen MR) is 62.5 cm³/mol.